The van der Waals surface area contributed by atoms with Crippen molar-refractivity contribution in [3.05, 3.63) is 6.07 Å². The Morgan fingerprint density at radius 3 is 2.00 bits per heavy atom. The van der Waals surface area contributed by atoms with Gasteiger partial charge in [0.15, 0.2) is 5.16 Å². The molecule has 0 N–H and O–H groups in total. The fraction of sp³-hybridized carbons (Fsp3) is 0.444. The molecule has 0 spiro atoms. The van der Waals surface area contributed by atoms with Crippen LogP contribution < -0.4 is 9.47 Å². The molecule has 0 amide bonds. The predicted octanol–water partition coefficient (Wildman–Crippen LogP) is 2.36. The lowest BCUT2D eigenvalue weighted by Gasteiger charge is -2.09. The first-order valence-corrected chi connectivity index (χ1v) is 5.69. The van der Waals surface area contributed by atoms with Gasteiger partial charge in [0.25, 0.3) is 0 Å². The van der Waals surface area contributed by atoms with Gasteiger partial charge in [-0.15, -0.1) is 0 Å². The smallest absolute Gasteiger partial charge is 0.388 e. The van der Waals surface area contributed by atoms with Crippen LogP contribution in [0.1, 0.15) is 6.92 Å². The highest BCUT2D eigenvalue weighted by Crippen LogP contribution is 2.25. The van der Waals surface area contributed by atoms with Gasteiger partial charge < -0.3 is 14.3 Å². The van der Waals surface area contributed by atoms with Crippen LogP contribution in [-0.2, 0) is 4.79 Å². The van der Waals surface area contributed by atoms with Crippen molar-refractivity contribution in [3.63, 3.8) is 0 Å². The maximum atomic E-state index is 12.0. The lowest BCUT2D eigenvalue weighted by molar-refractivity contribution is -0.107. The third kappa shape index (κ3) is 5.73. The lowest BCUT2D eigenvalue weighted by atomic mass is 10.5. The molecule has 1 aromatic heterocycles. The van der Waals surface area contributed by atoms with E-state index >= 15 is 0 Å². The summed E-state index contributed by atoms with van der Waals surface area (Å²) in [6.07, 6.45) is 0.558. The van der Waals surface area contributed by atoms with E-state index in [-0.39, 0.29) is 5.16 Å². The van der Waals surface area contributed by atoms with E-state index in [4.69, 9.17) is 0 Å². The standard InChI is InChI=1S/C9H8F4N2O3S/c1-4(3-16)19-9-14-5(17-7(10)11)2-6(15-9)18-8(12)13/h2-4,7-8H,1H3. The molecule has 10 heteroatoms. The highest BCUT2D eigenvalue weighted by molar-refractivity contribution is 8.00. The predicted molar refractivity (Wildman–Crippen MR) is 56.7 cm³/mol. The van der Waals surface area contributed by atoms with Crippen LogP contribution in [0.2, 0.25) is 0 Å². The first-order chi connectivity index (χ1) is 8.90. The van der Waals surface area contributed by atoms with Crippen molar-refractivity contribution in [2.75, 3.05) is 0 Å². The Morgan fingerprint density at radius 2 is 1.63 bits per heavy atom. The zero-order valence-corrected chi connectivity index (χ0v) is 10.2. The Labute approximate surface area is 109 Å². The van der Waals surface area contributed by atoms with Gasteiger partial charge in [-0.1, -0.05) is 11.8 Å². The Balaban J connectivity index is 2.97. The summed E-state index contributed by atoms with van der Waals surface area (Å²) in [6.45, 7) is -4.85. The third-order valence-electron chi connectivity index (χ3n) is 1.56. The summed E-state index contributed by atoms with van der Waals surface area (Å²) < 4.78 is 56.1. The van der Waals surface area contributed by atoms with E-state index in [1.165, 1.54) is 6.92 Å². The average molecular weight is 300 g/mol. The summed E-state index contributed by atoms with van der Waals surface area (Å²) in [5.74, 6) is -1.25. The van der Waals surface area contributed by atoms with Gasteiger partial charge in [0.2, 0.25) is 11.8 Å². The highest BCUT2D eigenvalue weighted by Gasteiger charge is 2.15. The van der Waals surface area contributed by atoms with Gasteiger partial charge >= 0.3 is 13.2 Å². The monoisotopic (exact) mass is 300 g/mol. The van der Waals surface area contributed by atoms with E-state index in [2.05, 4.69) is 19.4 Å². The van der Waals surface area contributed by atoms with Crippen LogP contribution in [0.4, 0.5) is 17.6 Å². The number of aromatic nitrogens is 2. The Kier molecular flexibility index (Phi) is 5.80. The van der Waals surface area contributed by atoms with Crippen LogP contribution in [-0.4, -0.2) is 34.7 Å². The number of ether oxygens (including phenoxy) is 2. The first-order valence-electron chi connectivity index (χ1n) is 4.81. The van der Waals surface area contributed by atoms with Crippen molar-refractivity contribution < 1.29 is 31.8 Å². The Bertz CT molecular complexity index is 408. The number of thioether (sulfide) groups is 1. The molecule has 0 aromatic carbocycles. The van der Waals surface area contributed by atoms with Crippen LogP contribution in [0.15, 0.2) is 11.2 Å². The summed E-state index contributed by atoms with van der Waals surface area (Å²) in [7, 11) is 0. The van der Waals surface area contributed by atoms with Gasteiger partial charge in [0.1, 0.15) is 6.29 Å². The van der Waals surface area contributed by atoms with Gasteiger partial charge in [0.05, 0.1) is 11.3 Å². The highest BCUT2D eigenvalue weighted by atomic mass is 32.2. The van der Waals surface area contributed by atoms with Gasteiger partial charge in [-0.05, 0) is 6.92 Å². The number of aldehydes is 1. The maximum Gasteiger partial charge on any atom is 0.388 e. The number of carbonyl (C=O) groups is 1. The SMILES string of the molecule is CC(C=O)Sc1nc(OC(F)F)cc(OC(F)F)n1. The Morgan fingerprint density at radius 1 is 1.16 bits per heavy atom. The fourth-order valence-corrected chi connectivity index (χ4v) is 1.61. The molecule has 106 valence electrons. The molecular weight excluding hydrogens is 292 g/mol. The molecule has 0 radical (unpaired) electrons. The lowest BCUT2D eigenvalue weighted by Crippen LogP contribution is -2.09. The van der Waals surface area contributed by atoms with Crippen molar-refractivity contribution in [1.29, 1.82) is 0 Å². The van der Waals surface area contributed by atoms with E-state index in [0.29, 0.717) is 12.4 Å². The average Bonchev–Trinajstić information content (AvgIpc) is 2.26. The molecule has 0 aliphatic heterocycles. The van der Waals surface area contributed by atoms with Crippen molar-refractivity contribution >= 4 is 18.0 Å². The molecule has 0 aliphatic carbocycles. The van der Waals surface area contributed by atoms with Gasteiger partial charge in [0, 0.05) is 0 Å². The summed E-state index contributed by atoms with van der Waals surface area (Å²) in [5.41, 5.74) is 0. The van der Waals surface area contributed by atoms with E-state index in [1.54, 1.807) is 0 Å². The number of carbonyl (C=O) groups excluding carboxylic acids is 1. The molecule has 0 bridgehead atoms. The number of hydrogen-bond donors (Lipinski definition) is 0. The van der Waals surface area contributed by atoms with E-state index < -0.39 is 30.2 Å². The molecule has 0 aliphatic rings. The van der Waals surface area contributed by atoms with Crippen LogP contribution in [0.3, 0.4) is 0 Å². The molecule has 0 saturated heterocycles. The number of rotatable bonds is 7. The largest absolute Gasteiger partial charge is 0.417 e. The van der Waals surface area contributed by atoms with Crippen molar-refractivity contribution in [1.82, 2.24) is 9.97 Å². The summed E-state index contributed by atoms with van der Waals surface area (Å²) in [4.78, 5) is 17.5. The topological polar surface area (TPSA) is 61.3 Å². The molecular formula is C9H8F4N2O3S. The minimum atomic E-state index is -3.17. The van der Waals surface area contributed by atoms with Crippen LogP contribution in [0.5, 0.6) is 11.8 Å². The number of hydrogen-bond acceptors (Lipinski definition) is 6. The molecule has 1 heterocycles. The van der Waals surface area contributed by atoms with Gasteiger partial charge in [-0.2, -0.15) is 27.5 Å². The molecule has 1 unspecified atom stereocenters. The second-order valence-corrected chi connectivity index (χ2v) is 4.39. The second kappa shape index (κ2) is 7.12. The van der Waals surface area contributed by atoms with E-state index in [0.717, 1.165) is 11.8 Å². The number of nitrogens with zero attached hydrogens (tertiary/aromatic N) is 2. The maximum absolute atomic E-state index is 12.0. The minimum Gasteiger partial charge on any atom is -0.417 e. The molecule has 1 aromatic rings. The quantitative estimate of drug-likeness (QED) is 0.333. The molecule has 0 fully saturated rings. The minimum absolute atomic E-state index is 0.187. The van der Waals surface area contributed by atoms with Crippen LogP contribution in [0.25, 0.3) is 0 Å². The molecule has 19 heavy (non-hydrogen) atoms. The zero-order valence-electron chi connectivity index (χ0n) is 9.43. The van der Waals surface area contributed by atoms with Crippen molar-refractivity contribution in [3.8, 4) is 11.8 Å². The molecule has 0 saturated carbocycles. The first kappa shape index (κ1) is 15.5. The molecule has 5 nitrogen and oxygen atoms in total. The summed E-state index contributed by atoms with van der Waals surface area (Å²) in [6, 6.07) is 0.702. The normalized spacial score (nSPS) is 12.6. The van der Waals surface area contributed by atoms with Gasteiger partial charge in [-0.3, -0.25) is 0 Å². The second-order valence-electron chi connectivity index (χ2n) is 3.04. The third-order valence-corrected chi connectivity index (χ3v) is 2.44. The fourth-order valence-electron chi connectivity index (χ4n) is 0.934. The van der Waals surface area contributed by atoms with Crippen LogP contribution >= 0.6 is 11.8 Å². The molecule has 1 atom stereocenters. The van der Waals surface area contributed by atoms with Crippen molar-refractivity contribution in [2.45, 2.75) is 30.6 Å². The number of halogens is 4. The van der Waals surface area contributed by atoms with Crippen LogP contribution in [0, 0.1) is 0 Å². The summed E-state index contributed by atoms with van der Waals surface area (Å²) in [5, 5.41) is -0.769. The summed E-state index contributed by atoms with van der Waals surface area (Å²) >= 11 is 0.786. The van der Waals surface area contributed by atoms with E-state index in [9.17, 15) is 22.4 Å². The molecule has 1 rings (SSSR count). The zero-order chi connectivity index (χ0) is 14.4. The Hall–Kier alpha value is -1.58. The van der Waals surface area contributed by atoms with E-state index in [1.807, 2.05) is 0 Å². The number of alkyl halides is 4. The van der Waals surface area contributed by atoms with Gasteiger partial charge in [-0.25, -0.2) is 0 Å². The van der Waals surface area contributed by atoms with Crippen molar-refractivity contribution in [2.24, 2.45) is 0 Å².